The third-order valence-corrected chi connectivity index (χ3v) is 3.26. The van der Waals surface area contributed by atoms with E-state index >= 15 is 0 Å². The predicted molar refractivity (Wildman–Crippen MR) is 74.7 cm³/mol. The summed E-state index contributed by atoms with van der Waals surface area (Å²) in [7, 11) is 0. The molecule has 2 aromatic carbocycles. The summed E-state index contributed by atoms with van der Waals surface area (Å²) in [5, 5.41) is 0.700. The van der Waals surface area contributed by atoms with Crippen molar-refractivity contribution in [3.8, 4) is 0 Å². The third kappa shape index (κ3) is 2.27. The molecular weight excluding hydrogens is 265 g/mol. The van der Waals surface area contributed by atoms with Crippen LogP contribution in [0.5, 0.6) is 0 Å². The maximum Gasteiger partial charge on any atom is 0.148 e. The summed E-state index contributed by atoms with van der Waals surface area (Å²) in [6.07, 6.45) is 1.68. The van der Waals surface area contributed by atoms with Gasteiger partial charge in [-0.2, -0.15) is 0 Å². The van der Waals surface area contributed by atoms with Crippen LogP contribution in [0.3, 0.4) is 0 Å². The molecule has 0 fully saturated rings. The summed E-state index contributed by atoms with van der Waals surface area (Å²) in [5.74, 6) is -0.441. The van der Waals surface area contributed by atoms with Crippen LogP contribution < -0.4 is 5.73 Å². The van der Waals surface area contributed by atoms with E-state index in [1.54, 1.807) is 12.4 Å². The minimum Gasteiger partial charge on any atom is -0.396 e. The van der Waals surface area contributed by atoms with Crippen molar-refractivity contribution < 1.29 is 4.39 Å². The Kier molecular flexibility index (Phi) is 2.87. The number of anilines is 1. The van der Waals surface area contributed by atoms with Gasteiger partial charge in [-0.25, -0.2) is 9.37 Å². The molecule has 0 unspecified atom stereocenters. The summed E-state index contributed by atoms with van der Waals surface area (Å²) in [5.41, 5.74) is 8.22. The van der Waals surface area contributed by atoms with Crippen molar-refractivity contribution in [3.05, 3.63) is 59.1 Å². The molecule has 0 amide bonds. The largest absolute Gasteiger partial charge is 0.396 e. The van der Waals surface area contributed by atoms with Crippen LogP contribution in [0.15, 0.2) is 42.7 Å². The fraction of sp³-hybridized carbons (Fsp3) is 0.0714. The minimum atomic E-state index is -0.441. The molecule has 1 aromatic heterocycles. The molecule has 3 aromatic rings. The molecule has 0 saturated heterocycles. The number of benzene rings is 2. The lowest BCUT2D eigenvalue weighted by molar-refractivity contribution is 0.634. The van der Waals surface area contributed by atoms with Gasteiger partial charge in [-0.15, -0.1) is 0 Å². The van der Waals surface area contributed by atoms with Crippen molar-refractivity contribution in [3.63, 3.8) is 0 Å². The molecule has 3 nitrogen and oxygen atoms in total. The highest BCUT2D eigenvalue weighted by Gasteiger charge is 2.07. The van der Waals surface area contributed by atoms with Crippen molar-refractivity contribution in [1.82, 2.24) is 9.55 Å². The third-order valence-electron chi connectivity index (χ3n) is 3.01. The maximum absolute atomic E-state index is 13.3. The smallest absolute Gasteiger partial charge is 0.148 e. The second-order valence-corrected chi connectivity index (χ2v) is 4.80. The standard InChI is InChI=1S/C14H11ClFN3/c15-10-3-1-9(2-4-10)7-19-8-18-13-5-11(16)12(17)6-14(13)19/h1-6,8H,7,17H2. The highest BCUT2D eigenvalue weighted by Crippen LogP contribution is 2.21. The van der Waals surface area contributed by atoms with Gasteiger partial charge in [0.05, 0.1) is 23.0 Å². The average molecular weight is 276 g/mol. The molecule has 0 aliphatic rings. The monoisotopic (exact) mass is 275 g/mol. The number of aromatic nitrogens is 2. The Balaban J connectivity index is 2.01. The number of halogens is 2. The fourth-order valence-corrected chi connectivity index (χ4v) is 2.13. The zero-order valence-electron chi connectivity index (χ0n) is 9.98. The van der Waals surface area contributed by atoms with Gasteiger partial charge in [0, 0.05) is 17.6 Å². The van der Waals surface area contributed by atoms with E-state index in [0.717, 1.165) is 11.1 Å². The number of nitrogens with zero attached hydrogens (tertiary/aromatic N) is 2. The molecule has 19 heavy (non-hydrogen) atoms. The molecule has 0 radical (unpaired) electrons. The zero-order chi connectivity index (χ0) is 13.4. The fourth-order valence-electron chi connectivity index (χ4n) is 2.01. The first-order chi connectivity index (χ1) is 9.13. The predicted octanol–water partition coefficient (Wildman–Crippen LogP) is 3.46. The molecule has 0 bridgehead atoms. The number of nitrogens with two attached hydrogens (primary N) is 1. The van der Waals surface area contributed by atoms with E-state index < -0.39 is 5.82 Å². The van der Waals surface area contributed by atoms with E-state index in [1.165, 1.54) is 6.07 Å². The van der Waals surface area contributed by atoms with Gasteiger partial charge in [0.1, 0.15) is 5.82 Å². The number of nitrogen functional groups attached to an aromatic ring is 1. The van der Waals surface area contributed by atoms with Gasteiger partial charge in [0.2, 0.25) is 0 Å². The van der Waals surface area contributed by atoms with Gasteiger partial charge in [-0.05, 0) is 23.8 Å². The Bertz CT molecular complexity index is 734. The first-order valence-corrected chi connectivity index (χ1v) is 6.15. The number of imidazole rings is 1. The molecule has 0 aliphatic carbocycles. The normalized spacial score (nSPS) is 11.1. The lowest BCUT2D eigenvalue weighted by Crippen LogP contribution is -1.99. The Morgan fingerprint density at radius 1 is 1.21 bits per heavy atom. The first kappa shape index (κ1) is 12.0. The van der Waals surface area contributed by atoms with Crippen LogP contribution >= 0.6 is 11.6 Å². The summed E-state index contributed by atoms with van der Waals surface area (Å²) < 4.78 is 15.3. The molecule has 96 valence electrons. The van der Waals surface area contributed by atoms with E-state index in [0.29, 0.717) is 17.1 Å². The summed E-state index contributed by atoms with van der Waals surface area (Å²) in [4.78, 5) is 4.18. The van der Waals surface area contributed by atoms with E-state index in [2.05, 4.69) is 4.98 Å². The number of hydrogen-bond acceptors (Lipinski definition) is 2. The van der Waals surface area contributed by atoms with Gasteiger partial charge in [-0.1, -0.05) is 23.7 Å². The molecule has 3 rings (SSSR count). The molecule has 1 heterocycles. The van der Waals surface area contributed by atoms with Gasteiger partial charge in [-0.3, -0.25) is 0 Å². The molecular formula is C14H11ClFN3. The van der Waals surface area contributed by atoms with Crippen molar-refractivity contribution in [2.75, 3.05) is 5.73 Å². The van der Waals surface area contributed by atoms with Crippen LogP contribution in [0.2, 0.25) is 5.02 Å². The molecule has 0 saturated carbocycles. The highest BCUT2D eigenvalue weighted by atomic mass is 35.5. The van der Waals surface area contributed by atoms with E-state index in [1.807, 2.05) is 28.8 Å². The Hall–Kier alpha value is -2.07. The first-order valence-electron chi connectivity index (χ1n) is 5.78. The summed E-state index contributed by atoms with van der Waals surface area (Å²) in [6, 6.07) is 10.5. The molecule has 5 heteroatoms. The van der Waals surface area contributed by atoms with Crippen molar-refractivity contribution in [1.29, 1.82) is 0 Å². The Labute approximate surface area is 114 Å². The van der Waals surface area contributed by atoms with Crippen LogP contribution in [0.1, 0.15) is 5.56 Å². The van der Waals surface area contributed by atoms with Crippen molar-refractivity contribution >= 4 is 28.3 Å². The van der Waals surface area contributed by atoms with Crippen molar-refractivity contribution in [2.24, 2.45) is 0 Å². The second-order valence-electron chi connectivity index (χ2n) is 4.36. The SMILES string of the molecule is Nc1cc2c(cc1F)ncn2Cc1ccc(Cl)cc1. The number of hydrogen-bond donors (Lipinski definition) is 1. The number of rotatable bonds is 2. The topological polar surface area (TPSA) is 43.8 Å². The molecule has 0 spiro atoms. The maximum atomic E-state index is 13.3. The van der Waals surface area contributed by atoms with Gasteiger partial charge >= 0.3 is 0 Å². The zero-order valence-corrected chi connectivity index (χ0v) is 10.7. The van der Waals surface area contributed by atoms with Crippen LogP contribution in [-0.4, -0.2) is 9.55 Å². The Morgan fingerprint density at radius 3 is 2.68 bits per heavy atom. The average Bonchev–Trinajstić information content (AvgIpc) is 2.76. The quantitative estimate of drug-likeness (QED) is 0.728. The van der Waals surface area contributed by atoms with Crippen molar-refractivity contribution in [2.45, 2.75) is 6.54 Å². The van der Waals surface area contributed by atoms with Gasteiger partial charge < -0.3 is 10.3 Å². The Morgan fingerprint density at radius 2 is 1.95 bits per heavy atom. The van der Waals surface area contributed by atoms with Crippen LogP contribution in [-0.2, 0) is 6.54 Å². The summed E-state index contributed by atoms with van der Waals surface area (Å²) in [6.45, 7) is 0.638. The highest BCUT2D eigenvalue weighted by molar-refractivity contribution is 6.30. The molecule has 2 N–H and O–H groups in total. The molecule has 0 aliphatic heterocycles. The van der Waals surface area contributed by atoms with E-state index in [-0.39, 0.29) is 5.69 Å². The van der Waals surface area contributed by atoms with Crippen LogP contribution in [0.4, 0.5) is 10.1 Å². The minimum absolute atomic E-state index is 0.130. The van der Waals surface area contributed by atoms with Crippen LogP contribution in [0, 0.1) is 5.82 Å². The van der Waals surface area contributed by atoms with Crippen LogP contribution in [0.25, 0.3) is 11.0 Å². The summed E-state index contributed by atoms with van der Waals surface area (Å²) >= 11 is 5.85. The number of fused-ring (bicyclic) bond motifs is 1. The molecule has 0 atom stereocenters. The van der Waals surface area contributed by atoms with Gasteiger partial charge in [0.15, 0.2) is 0 Å². The lowest BCUT2D eigenvalue weighted by atomic mass is 10.2. The lowest BCUT2D eigenvalue weighted by Gasteiger charge is -2.05. The second kappa shape index (κ2) is 4.55. The van der Waals surface area contributed by atoms with E-state index in [9.17, 15) is 4.39 Å². The van der Waals surface area contributed by atoms with Gasteiger partial charge in [0.25, 0.3) is 0 Å². The van der Waals surface area contributed by atoms with E-state index in [4.69, 9.17) is 17.3 Å².